The third-order valence-electron chi connectivity index (χ3n) is 4.82. The van der Waals surface area contributed by atoms with Gasteiger partial charge >= 0.3 is 6.18 Å². The highest BCUT2D eigenvalue weighted by Gasteiger charge is 2.32. The summed E-state index contributed by atoms with van der Waals surface area (Å²) in [6.45, 7) is 3.36. The fourth-order valence-electron chi connectivity index (χ4n) is 3.12. The summed E-state index contributed by atoms with van der Waals surface area (Å²) in [4.78, 5) is 26.4. The van der Waals surface area contributed by atoms with Crippen molar-refractivity contribution in [1.29, 1.82) is 0 Å². The van der Waals surface area contributed by atoms with E-state index in [0.717, 1.165) is 40.4 Å². The number of para-hydroxylation sites is 1. The van der Waals surface area contributed by atoms with Crippen LogP contribution in [0.1, 0.15) is 25.0 Å². The number of hydrogen-bond acceptors (Lipinski definition) is 5. The number of alkyl halides is 3. The smallest absolute Gasteiger partial charge is 0.335 e. The summed E-state index contributed by atoms with van der Waals surface area (Å²) in [7, 11) is 1.48. The first kappa shape index (κ1) is 24.8. The molecule has 1 N–H and O–H groups in total. The summed E-state index contributed by atoms with van der Waals surface area (Å²) >= 11 is 6.85. The van der Waals surface area contributed by atoms with Gasteiger partial charge in [-0.15, -0.1) is 10.2 Å². The molecule has 2 heterocycles. The van der Waals surface area contributed by atoms with Gasteiger partial charge in [-0.05, 0) is 31.0 Å². The fourth-order valence-corrected chi connectivity index (χ4v) is 4.31. The minimum atomic E-state index is -4.60. The van der Waals surface area contributed by atoms with Crippen molar-refractivity contribution in [2.24, 2.45) is 0 Å². The summed E-state index contributed by atoms with van der Waals surface area (Å²) in [5, 5.41) is 9.61. The molecule has 1 aromatic carbocycles. The number of pyridine rings is 1. The molecule has 0 saturated heterocycles. The Kier molecular flexibility index (Phi) is 7.53. The molecule has 0 saturated carbocycles. The number of amides is 2. The molecular weight excluding hydrogens is 479 g/mol. The Morgan fingerprint density at radius 1 is 1.27 bits per heavy atom. The summed E-state index contributed by atoms with van der Waals surface area (Å²) in [6.07, 6.45) is -3.02. The number of aryl methyl sites for hydroxylation is 1. The van der Waals surface area contributed by atoms with Crippen molar-refractivity contribution in [3.63, 3.8) is 0 Å². The van der Waals surface area contributed by atoms with Crippen molar-refractivity contribution in [3.05, 3.63) is 52.7 Å². The van der Waals surface area contributed by atoms with Crippen LogP contribution >= 0.6 is 23.4 Å². The van der Waals surface area contributed by atoms with E-state index in [1.54, 1.807) is 13.0 Å². The van der Waals surface area contributed by atoms with Gasteiger partial charge in [-0.3, -0.25) is 14.0 Å². The number of fused-ring (bicyclic) bond motifs is 1. The first-order valence-electron chi connectivity index (χ1n) is 9.92. The standard InChI is InChI=1S/C21H21ClF3N5O2S/c1-4-13-7-5-6-8-16(13)26-17(31)11-29(3)19(32)12(2)33-20-28-27-18-15(22)9-14(10-30(18)20)21(23,24)25/h5-10,12H,4,11H2,1-3H3,(H,26,31). The number of benzene rings is 1. The lowest BCUT2D eigenvalue weighted by Crippen LogP contribution is -2.39. The Hall–Kier alpha value is -2.79. The molecule has 2 aromatic heterocycles. The lowest BCUT2D eigenvalue weighted by atomic mass is 10.1. The molecule has 33 heavy (non-hydrogen) atoms. The molecule has 3 rings (SSSR count). The van der Waals surface area contributed by atoms with E-state index in [-0.39, 0.29) is 28.3 Å². The molecule has 12 heteroatoms. The Bertz CT molecular complexity index is 1180. The van der Waals surface area contributed by atoms with Crippen molar-refractivity contribution in [3.8, 4) is 0 Å². The minimum absolute atomic E-state index is 0.0501. The number of likely N-dealkylation sites (N-methyl/N-ethyl adjacent to an activating group) is 1. The van der Waals surface area contributed by atoms with Crippen molar-refractivity contribution in [1.82, 2.24) is 19.5 Å². The monoisotopic (exact) mass is 499 g/mol. The van der Waals surface area contributed by atoms with E-state index in [2.05, 4.69) is 15.5 Å². The fraction of sp³-hybridized carbons (Fsp3) is 0.333. The van der Waals surface area contributed by atoms with Crippen LogP contribution in [0.15, 0.2) is 41.7 Å². The summed E-state index contributed by atoms with van der Waals surface area (Å²) < 4.78 is 40.5. The Balaban J connectivity index is 1.69. The highest BCUT2D eigenvalue weighted by atomic mass is 35.5. The topological polar surface area (TPSA) is 79.6 Å². The molecule has 0 spiro atoms. The predicted octanol–water partition coefficient (Wildman–Crippen LogP) is 4.54. The van der Waals surface area contributed by atoms with Crippen LogP contribution in [0.2, 0.25) is 5.02 Å². The first-order valence-corrected chi connectivity index (χ1v) is 11.2. The molecule has 1 atom stereocenters. The number of rotatable bonds is 7. The maximum absolute atomic E-state index is 13.1. The zero-order valence-electron chi connectivity index (χ0n) is 18.0. The molecule has 1 unspecified atom stereocenters. The average molecular weight is 500 g/mol. The second kappa shape index (κ2) is 10.0. The number of thioether (sulfide) groups is 1. The Labute approximate surface area is 197 Å². The van der Waals surface area contributed by atoms with Crippen LogP contribution in [0.3, 0.4) is 0 Å². The van der Waals surface area contributed by atoms with Crippen LogP contribution in [0.5, 0.6) is 0 Å². The van der Waals surface area contributed by atoms with E-state index in [1.807, 2.05) is 25.1 Å². The molecule has 0 aliphatic heterocycles. The Morgan fingerprint density at radius 3 is 2.64 bits per heavy atom. The van der Waals surface area contributed by atoms with Crippen LogP contribution in [-0.2, 0) is 22.2 Å². The number of carbonyl (C=O) groups excluding carboxylic acids is 2. The normalized spacial score (nSPS) is 12.6. The number of hydrogen-bond donors (Lipinski definition) is 1. The van der Waals surface area contributed by atoms with Gasteiger partial charge < -0.3 is 10.2 Å². The van der Waals surface area contributed by atoms with E-state index in [4.69, 9.17) is 11.6 Å². The zero-order valence-corrected chi connectivity index (χ0v) is 19.6. The highest BCUT2D eigenvalue weighted by Crippen LogP contribution is 2.34. The SMILES string of the molecule is CCc1ccccc1NC(=O)CN(C)C(=O)C(C)Sc1nnc2c(Cl)cc(C(F)(F)F)cn12. The third-order valence-corrected chi connectivity index (χ3v) is 6.14. The number of carbonyl (C=O) groups is 2. The second-order valence-electron chi connectivity index (χ2n) is 7.26. The van der Waals surface area contributed by atoms with Crippen molar-refractivity contribution < 1.29 is 22.8 Å². The van der Waals surface area contributed by atoms with Crippen LogP contribution in [0.4, 0.5) is 18.9 Å². The summed E-state index contributed by atoms with van der Waals surface area (Å²) in [6, 6.07) is 8.15. The van der Waals surface area contributed by atoms with Crippen molar-refractivity contribution in [2.75, 3.05) is 18.9 Å². The molecule has 0 aliphatic carbocycles. The second-order valence-corrected chi connectivity index (χ2v) is 8.98. The molecule has 7 nitrogen and oxygen atoms in total. The van der Waals surface area contributed by atoms with E-state index < -0.39 is 22.9 Å². The number of nitrogens with zero attached hydrogens (tertiary/aromatic N) is 4. The van der Waals surface area contributed by atoms with E-state index >= 15 is 0 Å². The van der Waals surface area contributed by atoms with Gasteiger partial charge in [-0.1, -0.05) is 48.5 Å². The number of halogens is 4. The molecule has 0 radical (unpaired) electrons. The van der Waals surface area contributed by atoms with Gasteiger partial charge in [-0.25, -0.2) is 0 Å². The first-order chi connectivity index (χ1) is 15.5. The van der Waals surface area contributed by atoms with Crippen molar-refractivity contribution in [2.45, 2.75) is 36.9 Å². The molecule has 176 valence electrons. The van der Waals surface area contributed by atoms with Crippen LogP contribution in [0.25, 0.3) is 5.65 Å². The maximum Gasteiger partial charge on any atom is 0.417 e. The lowest BCUT2D eigenvalue weighted by Gasteiger charge is -2.20. The summed E-state index contributed by atoms with van der Waals surface area (Å²) in [5.41, 5.74) is 0.746. The van der Waals surface area contributed by atoms with E-state index in [9.17, 15) is 22.8 Å². The zero-order chi connectivity index (χ0) is 24.3. The molecular formula is C21H21ClF3N5O2S. The van der Waals surface area contributed by atoms with Gasteiger partial charge in [0, 0.05) is 18.9 Å². The number of aromatic nitrogens is 3. The number of nitrogens with one attached hydrogen (secondary N) is 1. The Morgan fingerprint density at radius 2 is 1.97 bits per heavy atom. The number of anilines is 1. The molecule has 2 amide bonds. The largest absolute Gasteiger partial charge is 0.417 e. The predicted molar refractivity (Wildman–Crippen MR) is 120 cm³/mol. The van der Waals surface area contributed by atoms with Crippen molar-refractivity contribution >= 4 is 46.5 Å². The van der Waals surface area contributed by atoms with Gasteiger partial charge in [0.2, 0.25) is 11.8 Å². The molecule has 0 fully saturated rings. The lowest BCUT2D eigenvalue weighted by molar-refractivity contribution is -0.138. The molecule has 0 bridgehead atoms. The van der Waals surface area contributed by atoms with Gasteiger partial charge in [0.15, 0.2) is 10.8 Å². The van der Waals surface area contributed by atoms with Gasteiger partial charge in [-0.2, -0.15) is 13.2 Å². The van der Waals surface area contributed by atoms with E-state index in [0.29, 0.717) is 5.69 Å². The maximum atomic E-state index is 13.1. The van der Waals surface area contributed by atoms with Crippen LogP contribution < -0.4 is 5.32 Å². The third kappa shape index (κ3) is 5.77. The van der Waals surface area contributed by atoms with Crippen LogP contribution in [0, 0.1) is 0 Å². The van der Waals surface area contributed by atoms with Crippen LogP contribution in [-0.4, -0.2) is 50.2 Å². The highest BCUT2D eigenvalue weighted by molar-refractivity contribution is 8.00. The quantitative estimate of drug-likeness (QED) is 0.483. The average Bonchev–Trinajstić information content (AvgIpc) is 3.16. The van der Waals surface area contributed by atoms with Gasteiger partial charge in [0.05, 0.1) is 22.4 Å². The molecule has 3 aromatic rings. The van der Waals surface area contributed by atoms with Gasteiger partial charge in [0.25, 0.3) is 0 Å². The molecule has 0 aliphatic rings. The minimum Gasteiger partial charge on any atom is -0.335 e. The summed E-state index contributed by atoms with van der Waals surface area (Å²) in [5.74, 6) is -0.757. The van der Waals surface area contributed by atoms with Gasteiger partial charge in [0.1, 0.15) is 0 Å². The van der Waals surface area contributed by atoms with E-state index in [1.165, 1.54) is 11.9 Å².